The predicted octanol–water partition coefficient (Wildman–Crippen LogP) is 4.83. The van der Waals surface area contributed by atoms with Crippen LogP contribution >= 0.6 is 11.6 Å². The van der Waals surface area contributed by atoms with E-state index in [2.05, 4.69) is 5.32 Å². The lowest BCUT2D eigenvalue weighted by Gasteiger charge is -2.36. The summed E-state index contributed by atoms with van der Waals surface area (Å²) in [5, 5.41) is 3.55. The zero-order valence-electron chi connectivity index (χ0n) is 19.0. The van der Waals surface area contributed by atoms with Crippen LogP contribution in [0.15, 0.2) is 18.2 Å². The summed E-state index contributed by atoms with van der Waals surface area (Å²) in [6, 6.07) is 5.47. The maximum atomic E-state index is 13.4. The van der Waals surface area contributed by atoms with Gasteiger partial charge >= 0.3 is 0 Å². The lowest BCUT2D eigenvalue weighted by molar-refractivity contribution is -0.246. The monoisotopic (exact) mass is 477 g/mol. The smallest absolute Gasteiger partial charge is 0.256 e. The van der Waals surface area contributed by atoms with Gasteiger partial charge in [-0.1, -0.05) is 30.5 Å². The third-order valence-corrected chi connectivity index (χ3v) is 8.21. The van der Waals surface area contributed by atoms with E-state index in [1.54, 1.807) is 6.07 Å². The second-order valence-corrected chi connectivity index (χ2v) is 10.6. The molecular formula is C25H32ClNO6. The van der Waals surface area contributed by atoms with Crippen LogP contribution < -0.4 is 5.32 Å². The van der Waals surface area contributed by atoms with Crippen LogP contribution in [0.2, 0.25) is 5.02 Å². The van der Waals surface area contributed by atoms with Crippen LogP contribution in [0.5, 0.6) is 0 Å². The Morgan fingerprint density at radius 3 is 2.15 bits per heavy atom. The molecule has 3 saturated heterocycles. The van der Waals surface area contributed by atoms with Crippen LogP contribution in [-0.4, -0.2) is 48.2 Å². The molecule has 0 unspecified atom stereocenters. The molecule has 7 nitrogen and oxygen atoms in total. The van der Waals surface area contributed by atoms with E-state index >= 15 is 0 Å². The van der Waals surface area contributed by atoms with Crippen molar-refractivity contribution in [1.82, 2.24) is 0 Å². The number of nitrogens with one attached hydrogen (secondary N) is 1. The van der Waals surface area contributed by atoms with Gasteiger partial charge in [0, 0.05) is 36.4 Å². The Morgan fingerprint density at radius 1 is 0.879 bits per heavy atom. The Balaban J connectivity index is 1.27. The molecule has 2 aliphatic carbocycles. The highest BCUT2D eigenvalue weighted by Gasteiger charge is 2.65. The molecule has 5 atom stereocenters. The third kappa shape index (κ3) is 4.01. The van der Waals surface area contributed by atoms with E-state index in [9.17, 15) is 4.79 Å². The minimum absolute atomic E-state index is 0.284. The lowest BCUT2D eigenvalue weighted by atomic mass is 9.94. The summed E-state index contributed by atoms with van der Waals surface area (Å²) in [6.45, 7) is 1.93. The molecule has 2 saturated carbocycles. The number of benzene rings is 1. The lowest BCUT2D eigenvalue weighted by Crippen LogP contribution is -2.58. The largest absolute Gasteiger partial charge is 0.341 e. The minimum atomic E-state index is -0.861. The SMILES string of the molecule is Cc1ccc(NC(=O)[C@@H]2O[C@@H]3OC4(CCCCC4)O[C@@H]3[C@@H]3OC4(CCCCC4)O[C@@H]32)cc1Cl. The van der Waals surface area contributed by atoms with Gasteiger partial charge < -0.3 is 29.0 Å². The number of ether oxygens (including phenoxy) is 5. The molecule has 5 fully saturated rings. The molecule has 8 heteroatoms. The van der Waals surface area contributed by atoms with Gasteiger partial charge in [0.1, 0.15) is 18.3 Å². The first-order valence-electron chi connectivity index (χ1n) is 12.4. The fourth-order valence-electron chi connectivity index (χ4n) is 6.05. The average molecular weight is 478 g/mol. The zero-order chi connectivity index (χ0) is 22.6. The Labute approximate surface area is 199 Å². The molecule has 1 aromatic rings. The molecule has 33 heavy (non-hydrogen) atoms. The fraction of sp³-hybridized carbons (Fsp3) is 0.720. The van der Waals surface area contributed by atoms with E-state index in [1.165, 1.54) is 12.8 Å². The molecule has 3 aliphatic heterocycles. The molecular weight excluding hydrogens is 446 g/mol. The molecule has 0 bridgehead atoms. The van der Waals surface area contributed by atoms with Crippen molar-refractivity contribution in [2.45, 2.75) is 113 Å². The standard InChI is InChI=1S/C25H32ClNO6/c1-15-8-9-16(14-17(15)26)27-22(28)20-18-19(31-24(30-18)10-4-2-5-11-24)21-23(29-20)33-25(32-21)12-6-3-7-13-25/h8-9,14,18-21,23H,2-7,10-13H2,1H3,(H,27,28)/t18-,19+,20+,21+,23+/m0/s1. The number of hydrogen-bond donors (Lipinski definition) is 1. The van der Waals surface area contributed by atoms with Crippen molar-refractivity contribution in [3.05, 3.63) is 28.8 Å². The molecule has 6 rings (SSSR count). The first-order valence-corrected chi connectivity index (χ1v) is 12.8. The Bertz CT molecular complexity index is 912. The first kappa shape index (κ1) is 22.3. The molecule has 3 heterocycles. The second-order valence-electron chi connectivity index (χ2n) is 10.2. The summed E-state index contributed by atoms with van der Waals surface area (Å²) in [5.41, 5.74) is 1.57. The third-order valence-electron chi connectivity index (χ3n) is 7.81. The quantitative estimate of drug-likeness (QED) is 0.657. The Hall–Kier alpha value is -1.22. The maximum absolute atomic E-state index is 13.4. The topological polar surface area (TPSA) is 75.3 Å². The summed E-state index contributed by atoms with van der Waals surface area (Å²) in [7, 11) is 0. The summed E-state index contributed by atoms with van der Waals surface area (Å²) < 4.78 is 32.3. The highest BCUT2D eigenvalue weighted by Crippen LogP contribution is 2.51. The molecule has 0 aromatic heterocycles. The number of halogens is 1. The van der Waals surface area contributed by atoms with Crippen molar-refractivity contribution in [3.63, 3.8) is 0 Å². The van der Waals surface area contributed by atoms with Crippen molar-refractivity contribution in [3.8, 4) is 0 Å². The molecule has 2 spiro atoms. The molecule has 1 aromatic carbocycles. The number of hydrogen-bond acceptors (Lipinski definition) is 6. The van der Waals surface area contributed by atoms with E-state index in [-0.39, 0.29) is 5.91 Å². The van der Waals surface area contributed by atoms with Crippen LogP contribution in [-0.2, 0) is 28.5 Å². The van der Waals surface area contributed by atoms with Gasteiger partial charge in [0.15, 0.2) is 24.0 Å². The van der Waals surface area contributed by atoms with Gasteiger partial charge in [0.2, 0.25) is 0 Å². The number of aryl methyl sites for hydroxylation is 1. The minimum Gasteiger partial charge on any atom is -0.341 e. The van der Waals surface area contributed by atoms with E-state index < -0.39 is 42.3 Å². The van der Waals surface area contributed by atoms with Gasteiger partial charge in [0.05, 0.1) is 0 Å². The van der Waals surface area contributed by atoms with E-state index in [0.717, 1.165) is 56.9 Å². The number of rotatable bonds is 2. The van der Waals surface area contributed by atoms with Gasteiger partial charge in [-0.2, -0.15) is 0 Å². The van der Waals surface area contributed by atoms with Gasteiger partial charge in [-0.25, -0.2) is 0 Å². The van der Waals surface area contributed by atoms with E-state index in [4.69, 9.17) is 35.3 Å². The van der Waals surface area contributed by atoms with Gasteiger partial charge in [-0.3, -0.25) is 4.79 Å². The van der Waals surface area contributed by atoms with Gasteiger partial charge in [-0.15, -0.1) is 0 Å². The summed E-state index contributed by atoms with van der Waals surface area (Å²) in [4.78, 5) is 13.4. The van der Waals surface area contributed by atoms with Gasteiger partial charge in [-0.05, 0) is 50.3 Å². The van der Waals surface area contributed by atoms with Crippen molar-refractivity contribution in [2.24, 2.45) is 0 Å². The van der Waals surface area contributed by atoms with Crippen molar-refractivity contribution >= 4 is 23.2 Å². The second kappa shape index (κ2) is 8.47. The predicted molar refractivity (Wildman–Crippen MR) is 121 cm³/mol. The molecule has 1 amide bonds. The number of carbonyl (C=O) groups excluding carboxylic acids is 1. The van der Waals surface area contributed by atoms with Crippen LogP contribution in [0.3, 0.4) is 0 Å². The summed E-state index contributed by atoms with van der Waals surface area (Å²) >= 11 is 6.26. The Morgan fingerprint density at radius 2 is 1.48 bits per heavy atom. The first-order chi connectivity index (χ1) is 16.0. The summed E-state index contributed by atoms with van der Waals surface area (Å²) in [5.74, 6) is -1.59. The molecule has 1 N–H and O–H groups in total. The van der Waals surface area contributed by atoms with Crippen molar-refractivity contribution in [2.75, 3.05) is 5.32 Å². The van der Waals surface area contributed by atoms with Crippen LogP contribution in [0.1, 0.15) is 69.8 Å². The zero-order valence-corrected chi connectivity index (χ0v) is 19.8. The van der Waals surface area contributed by atoms with E-state index in [0.29, 0.717) is 10.7 Å². The van der Waals surface area contributed by atoms with Crippen LogP contribution in [0.4, 0.5) is 5.69 Å². The average Bonchev–Trinajstić information content (AvgIpc) is 3.34. The normalized spacial score (nSPS) is 36.5. The van der Waals surface area contributed by atoms with Crippen LogP contribution in [0.25, 0.3) is 0 Å². The number of carbonyl (C=O) groups is 1. The van der Waals surface area contributed by atoms with Crippen LogP contribution in [0, 0.1) is 6.92 Å². The van der Waals surface area contributed by atoms with Crippen molar-refractivity contribution < 1.29 is 28.5 Å². The number of fused-ring (bicyclic) bond motifs is 3. The molecule has 180 valence electrons. The van der Waals surface area contributed by atoms with Crippen molar-refractivity contribution in [1.29, 1.82) is 0 Å². The molecule has 0 radical (unpaired) electrons. The maximum Gasteiger partial charge on any atom is 0.256 e. The highest BCUT2D eigenvalue weighted by molar-refractivity contribution is 6.31. The molecule has 5 aliphatic rings. The van der Waals surface area contributed by atoms with E-state index in [1.807, 2.05) is 19.1 Å². The number of amides is 1. The fourth-order valence-corrected chi connectivity index (χ4v) is 6.23. The summed E-state index contributed by atoms with van der Waals surface area (Å²) in [6.07, 6.45) is 7.05. The highest BCUT2D eigenvalue weighted by atomic mass is 35.5. The Kier molecular flexibility index (Phi) is 5.71. The number of anilines is 1. The van der Waals surface area contributed by atoms with Gasteiger partial charge in [0.25, 0.3) is 5.91 Å².